The Labute approximate surface area is 663 Å². The van der Waals surface area contributed by atoms with Crippen LogP contribution in [-0.4, -0.2) is 29.0 Å². The van der Waals surface area contributed by atoms with Crippen molar-refractivity contribution in [2.24, 2.45) is 35.2 Å². The van der Waals surface area contributed by atoms with Gasteiger partial charge in [-0.3, -0.25) is 0 Å². The number of benzene rings is 6. The number of ether oxygens (including phenoxy) is 5. The van der Waals surface area contributed by atoms with E-state index in [0.29, 0.717) is 33.1 Å². The first kappa shape index (κ1) is 66.8. The molecule has 0 atom stereocenters. The molecule has 7 aliphatic carbocycles. The first-order chi connectivity index (χ1) is 55.0. The molecule has 10 heterocycles. The van der Waals surface area contributed by atoms with Gasteiger partial charge < -0.3 is 23.7 Å². The molecule has 23 rings (SSSR count). The summed E-state index contributed by atoms with van der Waals surface area (Å²) in [6, 6.07) is 60.7. The fourth-order valence-electron chi connectivity index (χ4n) is 21.0. The Morgan fingerprint density at radius 3 is 0.955 bits per heavy atom. The largest absolute Gasteiger partial charge is 0.491 e. The van der Waals surface area contributed by atoms with E-state index in [9.17, 15) is 0 Å². The van der Waals surface area contributed by atoms with Crippen LogP contribution < -0.4 is 46.5 Å². The predicted octanol–water partition coefficient (Wildman–Crippen LogP) is 19.0. The molecule has 10 nitrogen and oxygen atoms in total. The maximum Gasteiger partial charge on any atom is 0.216 e. The molecule has 0 saturated heterocycles. The van der Waals surface area contributed by atoms with Crippen molar-refractivity contribution in [2.75, 3.05) is 6.61 Å². The molecule has 0 radical (unpaired) electrons. The van der Waals surface area contributed by atoms with E-state index >= 15 is 0 Å². The summed E-state index contributed by atoms with van der Waals surface area (Å²) in [6.07, 6.45) is 24.2. The van der Waals surface area contributed by atoms with Crippen molar-refractivity contribution in [1.82, 2.24) is 0 Å². The summed E-state index contributed by atoms with van der Waals surface area (Å²) >= 11 is 0. The monoisotopic (exact) mass is 1480 g/mol. The Balaban J connectivity index is 0.0000000971. The molecule has 0 unspecified atom stereocenters. The van der Waals surface area contributed by atoms with E-state index in [-0.39, 0.29) is 22.2 Å². The van der Waals surface area contributed by atoms with Crippen LogP contribution in [0.2, 0.25) is 0 Å². The highest BCUT2D eigenvalue weighted by molar-refractivity contribution is 5.79. The number of fused-ring (bicyclic) bond motifs is 12. The van der Waals surface area contributed by atoms with Crippen LogP contribution in [0.3, 0.4) is 0 Å². The minimum Gasteiger partial charge on any atom is -0.491 e. The van der Waals surface area contributed by atoms with Crippen LogP contribution in [0.15, 0.2) is 207 Å². The quantitative estimate of drug-likeness (QED) is 0.161. The van der Waals surface area contributed by atoms with Crippen molar-refractivity contribution in [3.05, 3.63) is 274 Å². The molecule has 6 aromatic carbocycles. The van der Waals surface area contributed by atoms with Gasteiger partial charge in [0.15, 0.2) is 31.0 Å². The number of hydrogen-bond acceptors (Lipinski definition) is 5. The van der Waals surface area contributed by atoms with Gasteiger partial charge in [0.1, 0.15) is 86.4 Å². The van der Waals surface area contributed by atoms with Crippen molar-refractivity contribution < 1.29 is 52.0 Å². The van der Waals surface area contributed by atoms with Gasteiger partial charge in [-0.15, -0.1) is 0 Å². The number of aromatic nitrogens is 5. The standard InChI is InChI=1S/C25H26NO.C21H24NO.C19H20NO.C19H22NO.C17H18NO/c1-17-12-13-20-23(22(17)21-11-7-8-14-26(21)4)27-25(24(20,2)3)15-18-9-5-6-10-19(18)16-25;1-15-8-9-16-19(18(15)17-7-3-6-14-22(17)2)23-21(10-4-5-11-21)20(16)12-13-20;1-13-6-7-14-17(16(13)15-5-3-4-12-20(15)2)21-19(10-11-19)18(14)8-9-18;1-13-8-9-14-17(21-18(2,3)19(14)10-11-19)16(13)15-7-5-6-12-20(15)4;1-12-6-7-13-16(19-11-17(13)8-9-17)15(12)14-5-3-4-10-18(14)2/h5-14H,15-16H2,1-4H3;3,6-9,14H,4-5,10-13H2,1-2H3;3-7,12H,8-11H2,1-2H3;5-9,12H,10-11H2,1-4H3;3-7,10H,8-9,11H2,1-2H3/q5*+1/i15D2,16D2;;;;. The van der Waals surface area contributed by atoms with Gasteiger partial charge in [0.05, 0.1) is 34.4 Å². The minimum atomic E-state index is -2.03. The van der Waals surface area contributed by atoms with E-state index < -0.39 is 23.8 Å². The smallest absolute Gasteiger partial charge is 0.216 e. The Bertz CT molecular complexity index is 5700. The zero-order valence-electron chi connectivity index (χ0n) is 71.5. The number of rotatable bonds is 5. The number of aryl methyl sites for hydroxylation is 10. The summed E-state index contributed by atoms with van der Waals surface area (Å²) < 4.78 is 80.1. The van der Waals surface area contributed by atoms with E-state index in [1.807, 2.05) is 68.9 Å². The van der Waals surface area contributed by atoms with Gasteiger partial charge in [0.25, 0.3) is 0 Å². The Morgan fingerprint density at radius 2 is 0.604 bits per heavy atom. The molecule has 111 heavy (non-hydrogen) atoms. The second-order valence-corrected chi connectivity index (χ2v) is 35.7. The third-order valence-electron chi connectivity index (χ3n) is 28.4. The molecule has 5 aromatic heterocycles. The van der Waals surface area contributed by atoms with Crippen molar-refractivity contribution in [2.45, 2.75) is 214 Å². The van der Waals surface area contributed by atoms with Crippen LogP contribution >= 0.6 is 0 Å². The Morgan fingerprint density at radius 1 is 0.297 bits per heavy atom. The molecule has 0 amide bonds. The maximum atomic E-state index is 9.17. The van der Waals surface area contributed by atoms with Crippen LogP contribution in [0.1, 0.15) is 190 Å². The lowest BCUT2D eigenvalue weighted by Crippen LogP contribution is -2.48. The fourth-order valence-corrected chi connectivity index (χ4v) is 21.0. The summed E-state index contributed by atoms with van der Waals surface area (Å²) in [5.41, 5.74) is 24.3. The van der Waals surface area contributed by atoms with Crippen LogP contribution in [0.25, 0.3) is 56.3 Å². The van der Waals surface area contributed by atoms with E-state index in [1.165, 1.54) is 191 Å². The first-order valence-electron chi connectivity index (χ1n) is 42.9. The average molecular weight is 1480 g/mol. The third-order valence-corrected chi connectivity index (χ3v) is 28.4. The maximum absolute atomic E-state index is 9.17. The number of pyridine rings is 5. The molecule has 564 valence electrons. The molecule has 6 fully saturated rings. The molecule has 6 saturated carbocycles. The number of nitrogens with zero attached hydrogens (tertiary/aromatic N) is 5. The van der Waals surface area contributed by atoms with Crippen LogP contribution in [-0.2, 0) is 75.1 Å². The van der Waals surface area contributed by atoms with Gasteiger partial charge in [-0.1, -0.05) is 98.8 Å². The van der Waals surface area contributed by atoms with E-state index in [1.54, 1.807) is 24.3 Å². The SMILES string of the molecule is Cc1ccc2c(c1-c1cccc[n+]1C)OC(C)(C)C21CC1.Cc1ccc2c(c1-c1cccc[n+]1C)OC1(CC1)C21CC1.Cc1ccc2c(c1-c1cccc[n+]1C)OC1(CCCC1)C21CC1.Cc1ccc2c(c1-c1cccc[n+]1C)OCC21CC1.[2H]C1([2H])c2ccccc2C([2H])([2H])C12Oc1c(ccc(C)c1-c1cccc[n+]1C)C2(C)C. The summed E-state index contributed by atoms with van der Waals surface area (Å²) in [5.74, 6) is 5.17. The fraction of sp³-hybridized carbons (Fsp3) is 0.396. The molecular weight excluding hydrogens is 1360 g/mol. The Kier molecular flexibility index (Phi) is 15.4. The molecule has 0 bridgehead atoms. The third kappa shape index (κ3) is 10.9. The van der Waals surface area contributed by atoms with Gasteiger partial charge in [0, 0.05) is 134 Å². The predicted molar refractivity (Wildman–Crippen MR) is 437 cm³/mol. The highest BCUT2D eigenvalue weighted by Gasteiger charge is 2.73. The molecular formula is C101H110N5O5+5. The van der Waals surface area contributed by atoms with E-state index in [2.05, 4.69) is 234 Å². The summed E-state index contributed by atoms with van der Waals surface area (Å²) in [6.45, 7) is 19.9. The van der Waals surface area contributed by atoms with Gasteiger partial charge in [0.2, 0.25) is 28.5 Å². The highest BCUT2D eigenvalue weighted by atomic mass is 16.5. The van der Waals surface area contributed by atoms with Crippen LogP contribution in [0, 0.1) is 34.6 Å². The minimum absolute atomic E-state index is 0.0920. The molecule has 11 aromatic rings. The average Bonchev–Trinajstić information content (AvgIpc) is 1.50. The summed E-state index contributed by atoms with van der Waals surface area (Å²) in [4.78, 5) is 0. The van der Waals surface area contributed by atoms with Crippen molar-refractivity contribution in [1.29, 1.82) is 0 Å². The van der Waals surface area contributed by atoms with Gasteiger partial charge in [-0.25, -0.2) is 22.8 Å². The molecule has 10 heteroatoms. The van der Waals surface area contributed by atoms with Gasteiger partial charge in [-0.05, 0) is 208 Å². The van der Waals surface area contributed by atoms with Crippen molar-refractivity contribution in [3.63, 3.8) is 0 Å². The second-order valence-electron chi connectivity index (χ2n) is 35.7. The lowest BCUT2D eigenvalue weighted by molar-refractivity contribution is -0.660. The van der Waals surface area contributed by atoms with Crippen molar-refractivity contribution >= 4 is 0 Å². The molecule has 7 spiro atoms. The molecule has 5 aliphatic heterocycles. The molecule has 12 aliphatic rings. The highest BCUT2D eigenvalue weighted by Crippen LogP contribution is 2.74. The number of hydrogen-bond donors (Lipinski definition) is 0. The lowest BCUT2D eigenvalue weighted by atomic mass is 9.70. The summed E-state index contributed by atoms with van der Waals surface area (Å²) in [7, 11) is 10.4. The summed E-state index contributed by atoms with van der Waals surface area (Å²) in [5, 5.41) is 0. The van der Waals surface area contributed by atoms with Crippen molar-refractivity contribution in [3.8, 4) is 85.0 Å². The topological polar surface area (TPSA) is 65.5 Å². The van der Waals surface area contributed by atoms with Gasteiger partial charge >= 0.3 is 0 Å². The van der Waals surface area contributed by atoms with E-state index in [0.717, 1.165) is 40.5 Å². The lowest BCUT2D eigenvalue weighted by Gasteiger charge is -2.37. The first-order valence-corrected chi connectivity index (χ1v) is 40.9. The Hall–Kier alpha value is -9.93. The van der Waals surface area contributed by atoms with Crippen LogP contribution in [0.5, 0.6) is 28.7 Å². The zero-order chi connectivity index (χ0) is 80.2. The zero-order valence-corrected chi connectivity index (χ0v) is 67.5. The molecule has 0 N–H and O–H groups in total. The van der Waals surface area contributed by atoms with Crippen LogP contribution in [0.4, 0.5) is 0 Å². The van der Waals surface area contributed by atoms with E-state index in [4.69, 9.17) is 29.2 Å². The van der Waals surface area contributed by atoms with Gasteiger partial charge in [-0.2, -0.15) is 0 Å². The second kappa shape index (κ2) is 25.5. The normalized spacial score (nSPS) is 21.6.